The van der Waals surface area contributed by atoms with Crippen molar-refractivity contribution in [1.82, 2.24) is 5.32 Å². The molecule has 1 unspecified atom stereocenters. The molecule has 0 fully saturated rings. The highest BCUT2D eigenvalue weighted by atomic mass is 16.5. The van der Waals surface area contributed by atoms with Gasteiger partial charge in [0.25, 0.3) is 5.91 Å². The Balaban J connectivity index is 2.84. The number of rotatable bonds is 6. The number of carboxylic acids is 1. The molecule has 0 saturated carbocycles. The van der Waals surface area contributed by atoms with Crippen molar-refractivity contribution in [1.29, 1.82) is 0 Å². The van der Waals surface area contributed by atoms with Crippen molar-refractivity contribution in [3.63, 3.8) is 0 Å². The van der Waals surface area contributed by atoms with Crippen LogP contribution in [0.5, 0.6) is 5.75 Å². The molecule has 0 saturated heterocycles. The molecule has 5 nitrogen and oxygen atoms in total. The van der Waals surface area contributed by atoms with Crippen molar-refractivity contribution in [3.05, 3.63) is 29.8 Å². The van der Waals surface area contributed by atoms with Crippen LogP contribution in [0.4, 0.5) is 0 Å². The second-order valence-electron chi connectivity index (χ2n) is 4.41. The summed E-state index contributed by atoms with van der Waals surface area (Å²) in [5, 5.41) is 11.7. The highest BCUT2D eigenvalue weighted by molar-refractivity contribution is 5.96. The minimum Gasteiger partial charge on any atom is -0.497 e. The number of hydrogen-bond donors (Lipinski definition) is 2. The zero-order valence-electron chi connectivity index (χ0n) is 11.3. The van der Waals surface area contributed by atoms with E-state index in [1.807, 2.05) is 6.92 Å². The minimum atomic E-state index is -1.02. The summed E-state index contributed by atoms with van der Waals surface area (Å²) in [6, 6.07) is 5.72. The summed E-state index contributed by atoms with van der Waals surface area (Å²) in [6.07, 6.45) is 0.676. The summed E-state index contributed by atoms with van der Waals surface area (Å²) in [6.45, 7) is 3.68. The molecular formula is C14H19NO4. The van der Waals surface area contributed by atoms with Gasteiger partial charge in [-0.25, -0.2) is 4.79 Å². The number of amides is 1. The van der Waals surface area contributed by atoms with Gasteiger partial charge in [-0.3, -0.25) is 4.79 Å². The standard InChI is InChI=1S/C14H19NO4/c1-4-9(2)12(14(17)18)15-13(16)10-6-5-7-11(8-10)19-3/h5-9,12H,4H2,1-3H3,(H,15,16)(H,17,18)/t9?,12-/m0/s1. The van der Waals surface area contributed by atoms with E-state index in [9.17, 15) is 9.59 Å². The number of benzene rings is 1. The third-order valence-corrected chi connectivity index (χ3v) is 3.10. The van der Waals surface area contributed by atoms with Gasteiger partial charge in [0.05, 0.1) is 7.11 Å². The molecule has 104 valence electrons. The summed E-state index contributed by atoms with van der Waals surface area (Å²) in [4.78, 5) is 23.2. The maximum absolute atomic E-state index is 12.0. The van der Waals surface area contributed by atoms with Crippen LogP contribution in [0.3, 0.4) is 0 Å². The van der Waals surface area contributed by atoms with Gasteiger partial charge in [-0.2, -0.15) is 0 Å². The molecule has 2 atom stereocenters. The first-order valence-electron chi connectivity index (χ1n) is 6.17. The van der Waals surface area contributed by atoms with Gasteiger partial charge in [0, 0.05) is 5.56 Å². The average molecular weight is 265 g/mol. The molecule has 5 heteroatoms. The summed E-state index contributed by atoms with van der Waals surface area (Å²) < 4.78 is 5.03. The van der Waals surface area contributed by atoms with Crippen LogP contribution in [0.15, 0.2) is 24.3 Å². The van der Waals surface area contributed by atoms with E-state index in [2.05, 4.69) is 5.32 Å². The molecule has 0 bridgehead atoms. The number of methoxy groups -OCH3 is 1. The zero-order chi connectivity index (χ0) is 14.4. The molecule has 1 rings (SSSR count). The van der Waals surface area contributed by atoms with Crippen LogP contribution in [0.25, 0.3) is 0 Å². The Hall–Kier alpha value is -2.04. The Morgan fingerprint density at radius 2 is 2.11 bits per heavy atom. The Kier molecular flexibility index (Phi) is 5.36. The first-order chi connectivity index (χ1) is 8.99. The minimum absolute atomic E-state index is 0.132. The lowest BCUT2D eigenvalue weighted by Crippen LogP contribution is -2.45. The molecule has 0 aliphatic heterocycles. The lowest BCUT2D eigenvalue weighted by Gasteiger charge is -2.20. The quantitative estimate of drug-likeness (QED) is 0.824. The fourth-order valence-corrected chi connectivity index (χ4v) is 1.67. The fraction of sp³-hybridized carbons (Fsp3) is 0.429. The van der Waals surface area contributed by atoms with Gasteiger partial charge in [-0.1, -0.05) is 26.3 Å². The average Bonchev–Trinajstić information content (AvgIpc) is 2.43. The molecule has 0 aliphatic rings. The van der Waals surface area contributed by atoms with Crippen molar-refractivity contribution in [2.75, 3.05) is 7.11 Å². The van der Waals surface area contributed by atoms with Gasteiger partial charge in [-0.05, 0) is 24.1 Å². The maximum atomic E-state index is 12.0. The largest absolute Gasteiger partial charge is 0.497 e. The first-order valence-corrected chi connectivity index (χ1v) is 6.17. The van der Waals surface area contributed by atoms with Crippen molar-refractivity contribution in [2.24, 2.45) is 5.92 Å². The molecule has 1 aromatic carbocycles. The molecular weight excluding hydrogens is 246 g/mol. The summed E-state index contributed by atoms with van der Waals surface area (Å²) >= 11 is 0. The van der Waals surface area contributed by atoms with Crippen LogP contribution in [-0.2, 0) is 4.79 Å². The van der Waals surface area contributed by atoms with Crippen molar-refractivity contribution in [3.8, 4) is 5.75 Å². The Labute approximate surface area is 112 Å². The third-order valence-electron chi connectivity index (χ3n) is 3.10. The Morgan fingerprint density at radius 3 is 2.63 bits per heavy atom. The predicted molar refractivity (Wildman–Crippen MR) is 71.3 cm³/mol. The van der Waals surface area contributed by atoms with E-state index < -0.39 is 17.9 Å². The van der Waals surface area contributed by atoms with E-state index in [0.29, 0.717) is 17.7 Å². The number of carboxylic acid groups (broad SMARTS) is 1. The van der Waals surface area contributed by atoms with Crippen LogP contribution in [0, 0.1) is 5.92 Å². The van der Waals surface area contributed by atoms with Crippen molar-refractivity contribution >= 4 is 11.9 Å². The van der Waals surface area contributed by atoms with E-state index in [0.717, 1.165) is 0 Å². The predicted octanol–water partition coefficient (Wildman–Crippen LogP) is 1.92. The molecule has 0 heterocycles. The lowest BCUT2D eigenvalue weighted by molar-refractivity contribution is -0.140. The van der Waals surface area contributed by atoms with E-state index in [-0.39, 0.29) is 5.92 Å². The Bertz CT molecular complexity index is 459. The molecule has 0 aromatic heterocycles. The first kappa shape index (κ1) is 15.0. The molecule has 1 amide bonds. The van der Waals surface area contributed by atoms with Crippen LogP contribution < -0.4 is 10.1 Å². The van der Waals surface area contributed by atoms with Gasteiger partial charge < -0.3 is 15.2 Å². The SMILES string of the molecule is CCC(C)[C@H](NC(=O)c1cccc(OC)c1)C(=O)O. The summed E-state index contributed by atoms with van der Waals surface area (Å²) in [7, 11) is 1.51. The summed E-state index contributed by atoms with van der Waals surface area (Å²) in [5.74, 6) is -1.01. The Morgan fingerprint density at radius 1 is 1.42 bits per heavy atom. The molecule has 0 aliphatic carbocycles. The van der Waals surface area contributed by atoms with Crippen LogP contribution >= 0.6 is 0 Å². The van der Waals surface area contributed by atoms with Gasteiger partial charge in [0.2, 0.25) is 0 Å². The number of aliphatic carboxylic acids is 1. The molecule has 19 heavy (non-hydrogen) atoms. The molecule has 0 spiro atoms. The van der Waals surface area contributed by atoms with Crippen molar-refractivity contribution in [2.45, 2.75) is 26.3 Å². The van der Waals surface area contributed by atoms with E-state index in [4.69, 9.17) is 9.84 Å². The number of carbonyl (C=O) groups is 2. The highest BCUT2D eigenvalue weighted by Crippen LogP contribution is 2.14. The van der Waals surface area contributed by atoms with Gasteiger partial charge in [0.1, 0.15) is 11.8 Å². The molecule has 0 radical (unpaired) electrons. The monoisotopic (exact) mass is 265 g/mol. The molecule has 2 N–H and O–H groups in total. The third kappa shape index (κ3) is 3.98. The van der Waals surface area contributed by atoms with Crippen LogP contribution in [-0.4, -0.2) is 30.1 Å². The molecule has 1 aromatic rings. The van der Waals surface area contributed by atoms with E-state index in [1.54, 1.807) is 31.2 Å². The number of ether oxygens (including phenoxy) is 1. The van der Waals surface area contributed by atoms with Crippen LogP contribution in [0.2, 0.25) is 0 Å². The summed E-state index contributed by atoms with van der Waals surface area (Å²) in [5.41, 5.74) is 0.383. The number of hydrogen-bond acceptors (Lipinski definition) is 3. The van der Waals surface area contributed by atoms with Gasteiger partial charge in [-0.15, -0.1) is 0 Å². The van der Waals surface area contributed by atoms with Gasteiger partial charge in [0.15, 0.2) is 0 Å². The second kappa shape index (κ2) is 6.78. The van der Waals surface area contributed by atoms with E-state index >= 15 is 0 Å². The fourth-order valence-electron chi connectivity index (χ4n) is 1.67. The van der Waals surface area contributed by atoms with Gasteiger partial charge >= 0.3 is 5.97 Å². The van der Waals surface area contributed by atoms with Crippen LogP contribution in [0.1, 0.15) is 30.6 Å². The van der Waals surface area contributed by atoms with Crippen molar-refractivity contribution < 1.29 is 19.4 Å². The highest BCUT2D eigenvalue weighted by Gasteiger charge is 2.25. The second-order valence-corrected chi connectivity index (χ2v) is 4.41. The number of carbonyl (C=O) groups excluding carboxylic acids is 1. The normalized spacial score (nSPS) is 13.4. The number of nitrogens with one attached hydrogen (secondary N) is 1. The lowest BCUT2D eigenvalue weighted by atomic mass is 9.99. The smallest absolute Gasteiger partial charge is 0.326 e. The van der Waals surface area contributed by atoms with E-state index in [1.165, 1.54) is 7.11 Å². The topological polar surface area (TPSA) is 75.6 Å². The maximum Gasteiger partial charge on any atom is 0.326 e. The zero-order valence-corrected chi connectivity index (χ0v) is 11.3.